The van der Waals surface area contributed by atoms with Crippen molar-refractivity contribution in [2.24, 2.45) is 5.73 Å². The smallest absolute Gasteiger partial charge is 0.252 e. The lowest BCUT2D eigenvalue weighted by atomic mass is 10.1. The molecular formula is C8H10BrN3O. The summed E-state index contributed by atoms with van der Waals surface area (Å²) in [5, 5.41) is 0. The molecule has 0 saturated heterocycles. The monoisotopic (exact) mass is 243 g/mol. The number of halogens is 1. The fourth-order valence-corrected chi connectivity index (χ4v) is 1.46. The molecule has 0 spiro atoms. The average molecular weight is 244 g/mol. The van der Waals surface area contributed by atoms with Crippen LogP contribution < -0.4 is 11.5 Å². The molecule has 0 unspecified atom stereocenters. The highest BCUT2D eigenvalue weighted by Gasteiger charge is 2.15. The minimum absolute atomic E-state index is 0.186. The van der Waals surface area contributed by atoms with Crippen LogP contribution in [-0.4, -0.2) is 10.9 Å². The van der Waals surface area contributed by atoms with Gasteiger partial charge in [0.1, 0.15) is 5.82 Å². The molecule has 1 heterocycles. The summed E-state index contributed by atoms with van der Waals surface area (Å²) in [5.41, 5.74) is 12.5. The lowest BCUT2D eigenvalue weighted by Crippen LogP contribution is -2.17. The SMILES string of the molecule is Cc1nc(N)c(C(N)=O)c(C)c1Br. The van der Waals surface area contributed by atoms with Crippen molar-refractivity contribution in [1.82, 2.24) is 4.98 Å². The van der Waals surface area contributed by atoms with E-state index in [4.69, 9.17) is 11.5 Å². The summed E-state index contributed by atoms with van der Waals surface area (Å²) in [7, 11) is 0. The Hall–Kier alpha value is -1.10. The van der Waals surface area contributed by atoms with Gasteiger partial charge in [-0.25, -0.2) is 4.98 Å². The van der Waals surface area contributed by atoms with Crippen LogP contribution in [0.5, 0.6) is 0 Å². The third kappa shape index (κ3) is 1.65. The lowest BCUT2D eigenvalue weighted by molar-refractivity contribution is 0.1000. The first-order valence-corrected chi connectivity index (χ1v) is 4.46. The Morgan fingerprint density at radius 3 is 2.46 bits per heavy atom. The molecule has 13 heavy (non-hydrogen) atoms. The standard InChI is InChI=1S/C8H10BrN3O/c1-3-5(8(11)13)7(10)12-4(2)6(3)9/h1-2H3,(H2,10,12)(H2,11,13). The quantitative estimate of drug-likeness (QED) is 0.777. The van der Waals surface area contributed by atoms with E-state index in [1.807, 2.05) is 0 Å². The Morgan fingerprint density at radius 2 is 2.00 bits per heavy atom. The normalized spacial score (nSPS) is 10.1. The fourth-order valence-electron chi connectivity index (χ4n) is 1.17. The second-order valence-electron chi connectivity index (χ2n) is 2.76. The zero-order chi connectivity index (χ0) is 10.2. The van der Waals surface area contributed by atoms with Crippen molar-refractivity contribution in [1.29, 1.82) is 0 Å². The number of anilines is 1. The summed E-state index contributed by atoms with van der Waals surface area (Å²) in [4.78, 5) is 15.0. The molecule has 0 aromatic carbocycles. The highest BCUT2D eigenvalue weighted by atomic mass is 79.9. The van der Waals surface area contributed by atoms with Crippen LogP contribution in [0.4, 0.5) is 5.82 Å². The summed E-state index contributed by atoms with van der Waals surface area (Å²) in [6.45, 7) is 3.58. The molecule has 5 heteroatoms. The molecule has 0 atom stereocenters. The van der Waals surface area contributed by atoms with Crippen LogP contribution in [0.15, 0.2) is 4.47 Å². The molecule has 0 saturated carbocycles. The molecule has 1 amide bonds. The number of nitrogen functional groups attached to an aromatic ring is 1. The third-order valence-electron chi connectivity index (χ3n) is 1.81. The molecule has 4 nitrogen and oxygen atoms in total. The van der Waals surface area contributed by atoms with Crippen LogP contribution in [0.3, 0.4) is 0 Å². The van der Waals surface area contributed by atoms with Gasteiger partial charge in [0.25, 0.3) is 5.91 Å². The van der Waals surface area contributed by atoms with Gasteiger partial charge in [-0.3, -0.25) is 4.79 Å². The van der Waals surface area contributed by atoms with Gasteiger partial charge in [0.15, 0.2) is 0 Å². The summed E-state index contributed by atoms with van der Waals surface area (Å²) in [6.07, 6.45) is 0. The summed E-state index contributed by atoms with van der Waals surface area (Å²) < 4.78 is 0.774. The van der Waals surface area contributed by atoms with E-state index in [1.54, 1.807) is 13.8 Å². The van der Waals surface area contributed by atoms with E-state index in [0.717, 1.165) is 15.7 Å². The molecule has 0 aliphatic heterocycles. The number of hydrogen-bond acceptors (Lipinski definition) is 3. The van der Waals surface area contributed by atoms with E-state index >= 15 is 0 Å². The number of carbonyl (C=O) groups is 1. The van der Waals surface area contributed by atoms with Gasteiger partial charge >= 0.3 is 0 Å². The Kier molecular flexibility index (Phi) is 2.56. The van der Waals surface area contributed by atoms with Crippen molar-refractivity contribution in [2.45, 2.75) is 13.8 Å². The molecule has 0 radical (unpaired) electrons. The van der Waals surface area contributed by atoms with Crippen LogP contribution in [0.2, 0.25) is 0 Å². The first kappa shape index (κ1) is 9.98. The summed E-state index contributed by atoms with van der Waals surface area (Å²) in [6, 6.07) is 0. The van der Waals surface area contributed by atoms with E-state index in [-0.39, 0.29) is 11.4 Å². The molecule has 1 aromatic heterocycles. The van der Waals surface area contributed by atoms with E-state index < -0.39 is 5.91 Å². The van der Waals surface area contributed by atoms with Crippen molar-refractivity contribution < 1.29 is 4.79 Å². The molecule has 1 aromatic rings. The van der Waals surface area contributed by atoms with Crippen molar-refractivity contribution >= 4 is 27.7 Å². The van der Waals surface area contributed by atoms with Crippen molar-refractivity contribution in [3.8, 4) is 0 Å². The average Bonchev–Trinajstić information content (AvgIpc) is 1.99. The number of amides is 1. The van der Waals surface area contributed by atoms with Gasteiger partial charge in [-0.05, 0) is 35.3 Å². The van der Waals surface area contributed by atoms with Gasteiger partial charge in [0, 0.05) is 4.47 Å². The highest BCUT2D eigenvalue weighted by Crippen LogP contribution is 2.25. The Labute approximate surface area is 84.5 Å². The Bertz CT molecular complexity index is 376. The highest BCUT2D eigenvalue weighted by molar-refractivity contribution is 9.10. The number of hydrogen-bond donors (Lipinski definition) is 2. The van der Waals surface area contributed by atoms with Gasteiger partial charge in [-0.1, -0.05) is 0 Å². The van der Waals surface area contributed by atoms with Crippen LogP contribution in [0.25, 0.3) is 0 Å². The first-order valence-electron chi connectivity index (χ1n) is 3.67. The molecule has 1 rings (SSSR count). The number of primary amides is 1. The van der Waals surface area contributed by atoms with Crippen LogP contribution in [-0.2, 0) is 0 Å². The molecule has 0 aliphatic rings. The maximum atomic E-state index is 11.0. The van der Waals surface area contributed by atoms with Crippen LogP contribution >= 0.6 is 15.9 Å². The van der Waals surface area contributed by atoms with Crippen LogP contribution in [0.1, 0.15) is 21.6 Å². The van der Waals surface area contributed by atoms with Gasteiger partial charge in [-0.2, -0.15) is 0 Å². The summed E-state index contributed by atoms with van der Waals surface area (Å²) >= 11 is 3.31. The van der Waals surface area contributed by atoms with Gasteiger partial charge in [-0.15, -0.1) is 0 Å². The van der Waals surface area contributed by atoms with E-state index in [2.05, 4.69) is 20.9 Å². The molecular weight excluding hydrogens is 234 g/mol. The Balaban J connectivity index is 3.53. The largest absolute Gasteiger partial charge is 0.383 e. The number of aryl methyl sites for hydroxylation is 1. The number of pyridine rings is 1. The number of nitrogens with zero attached hydrogens (tertiary/aromatic N) is 1. The second kappa shape index (κ2) is 3.33. The van der Waals surface area contributed by atoms with Crippen LogP contribution in [0, 0.1) is 13.8 Å². The van der Waals surface area contributed by atoms with Gasteiger partial charge in [0.2, 0.25) is 0 Å². The minimum Gasteiger partial charge on any atom is -0.383 e. The molecule has 0 aliphatic carbocycles. The van der Waals surface area contributed by atoms with Crippen molar-refractivity contribution in [2.75, 3.05) is 5.73 Å². The zero-order valence-electron chi connectivity index (χ0n) is 7.39. The molecule has 0 fully saturated rings. The van der Waals surface area contributed by atoms with Gasteiger partial charge in [0.05, 0.1) is 11.3 Å². The Morgan fingerprint density at radius 1 is 1.46 bits per heavy atom. The number of carbonyl (C=O) groups excluding carboxylic acids is 1. The fraction of sp³-hybridized carbons (Fsp3) is 0.250. The topological polar surface area (TPSA) is 82.0 Å². The number of rotatable bonds is 1. The predicted molar refractivity (Wildman–Crippen MR) is 54.3 cm³/mol. The first-order chi connectivity index (χ1) is 5.95. The van der Waals surface area contributed by atoms with E-state index in [9.17, 15) is 4.79 Å². The molecule has 0 bridgehead atoms. The zero-order valence-corrected chi connectivity index (χ0v) is 8.97. The molecule has 70 valence electrons. The van der Waals surface area contributed by atoms with E-state index in [0.29, 0.717) is 0 Å². The van der Waals surface area contributed by atoms with E-state index in [1.165, 1.54) is 0 Å². The maximum Gasteiger partial charge on any atom is 0.252 e. The maximum absolute atomic E-state index is 11.0. The minimum atomic E-state index is -0.553. The predicted octanol–water partition coefficient (Wildman–Crippen LogP) is 1.14. The van der Waals surface area contributed by atoms with Crippen molar-refractivity contribution in [3.63, 3.8) is 0 Å². The second-order valence-corrected chi connectivity index (χ2v) is 3.55. The number of aromatic nitrogens is 1. The van der Waals surface area contributed by atoms with Gasteiger partial charge < -0.3 is 11.5 Å². The lowest BCUT2D eigenvalue weighted by Gasteiger charge is -2.09. The van der Waals surface area contributed by atoms with Crippen molar-refractivity contribution in [3.05, 3.63) is 21.3 Å². The summed E-state index contributed by atoms with van der Waals surface area (Å²) in [5.74, 6) is -0.367. The third-order valence-corrected chi connectivity index (χ3v) is 2.98. The molecule has 4 N–H and O–H groups in total. The number of nitrogens with two attached hydrogens (primary N) is 2.